The first-order valence-corrected chi connectivity index (χ1v) is 7.60. The molecule has 22 heavy (non-hydrogen) atoms. The highest BCUT2D eigenvalue weighted by Gasteiger charge is 2.30. The van der Waals surface area contributed by atoms with Crippen LogP contribution in [0.25, 0.3) is 0 Å². The van der Waals surface area contributed by atoms with Crippen LogP contribution in [-0.4, -0.2) is 41.5 Å². The predicted molar refractivity (Wildman–Crippen MR) is 79.6 cm³/mol. The number of esters is 1. The van der Waals surface area contributed by atoms with Crippen molar-refractivity contribution in [1.82, 2.24) is 4.90 Å². The Kier molecular flexibility index (Phi) is 5.32. The molecule has 2 rings (SSSR count). The highest BCUT2D eigenvalue weighted by molar-refractivity contribution is 8.04. The fourth-order valence-corrected chi connectivity index (χ4v) is 2.83. The second-order valence-electron chi connectivity index (χ2n) is 4.41. The highest BCUT2D eigenvalue weighted by atomic mass is 32.2. The van der Waals surface area contributed by atoms with Crippen molar-refractivity contribution in [3.8, 4) is 0 Å². The summed E-state index contributed by atoms with van der Waals surface area (Å²) in [5.74, 6) is -1.91. The van der Waals surface area contributed by atoms with Crippen LogP contribution in [-0.2, 0) is 14.3 Å². The third kappa shape index (κ3) is 3.73. The van der Waals surface area contributed by atoms with E-state index in [0.29, 0.717) is 5.03 Å². The lowest BCUT2D eigenvalue weighted by Crippen LogP contribution is -2.31. The molecule has 0 N–H and O–H groups in total. The Morgan fingerprint density at radius 2 is 2.14 bits per heavy atom. The Morgan fingerprint density at radius 1 is 1.41 bits per heavy atom. The molecule has 1 aromatic carbocycles. The summed E-state index contributed by atoms with van der Waals surface area (Å²) in [4.78, 5) is 36.6. The second kappa shape index (κ2) is 7.22. The number of rotatable bonds is 5. The van der Waals surface area contributed by atoms with E-state index in [9.17, 15) is 18.8 Å². The number of hydrogen-bond donors (Lipinski definition) is 0. The van der Waals surface area contributed by atoms with Crippen LogP contribution in [0.3, 0.4) is 0 Å². The molecule has 0 aliphatic carbocycles. The molecule has 0 aromatic heterocycles. The normalized spacial score (nSPS) is 16.2. The molecule has 0 spiro atoms. The number of carbonyl (C=O) groups excluding carboxylic acids is 3. The van der Waals surface area contributed by atoms with Gasteiger partial charge in [-0.15, -0.1) is 0 Å². The van der Waals surface area contributed by atoms with Gasteiger partial charge >= 0.3 is 5.97 Å². The second-order valence-corrected chi connectivity index (χ2v) is 5.40. The largest absolute Gasteiger partial charge is 0.463 e. The van der Waals surface area contributed by atoms with Crippen LogP contribution in [0.1, 0.15) is 17.3 Å². The monoisotopic (exact) mass is 323 g/mol. The smallest absolute Gasteiger partial charge is 0.333 e. The van der Waals surface area contributed by atoms with Crippen LogP contribution in [0.5, 0.6) is 0 Å². The average molecular weight is 323 g/mol. The molecular weight excluding hydrogens is 309 g/mol. The molecule has 0 radical (unpaired) electrons. The third-order valence-electron chi connectivity index (χ3n) is 2.91. The number of halogens is 1. The number of amides is 1. The number of benzene rings is 1. The number of nitrogens with zero attached hydrogens (tertiary/aromatic N) is 1. The fourth-order valence-electron chi connectivity index (χ4n) is 1.90. The molecule has 1 amide bonds. The van der Waals surface area contributed by atoms with E-state index in [4.69, 9.17) is 4.74 Å². The first-order chi connectivity index (χ1) is 10.5. The summed E-state index contributed by atoms with van der Waals surface area (Å²) in [5, 5.41) is 0.341. The molecule has 1 saturated heterocycles. The SMILES string of the molecule is CCOC(=O)C=C1SCC(=O)N1CC(=O)c1ccccc1F. The molecule has 1 fully saturated rings. The summed E-state index contributed by atoms with van der Waals surface area (Å²) < 4.78 is 18.4. The number of Topliss-reactive ketones (excluding diaryl/α,β-unsaturated/α-hetero) is 1. The maximum absolute atomic E-state index is 13.6. The van der Waals surface area contributed by atoms with Gasteiger partial charge in [0.2, 0.25) is 5.91 Å². The average Bonchev–Trinajstić information content (AvgIpc) is 2.81. The Bertz CT molecular complexity index is 644. The van der Waals surface area contributed by atoms with Crippen molar-refractivity contribution in [2.75, 3.05) is 18.9 Å². The Labute approximate surface area is 131 Å². The maximum atomic E-state index is 13.6. The number of ketones is 1. The van der Waals surface area contributed by atoms with Crippen LogP contribution in [0, 0.1) is 5.82 Å². The van der Waals surface area contributed by atoms with Gasteiger partial charge in [0.25, 0.3) is 0 Å². The molecule has 1 aromatic rings. The minimum Gasteiger partial charge on any atom is -0.463 e. The van der Waals surface area contributed by atoms with Gasteiger partial charge < -0.3 is 4.74 Å². The molecule has 0 saturated carbocycles. The van der Waals surface area contributed by atoms with Gasteiger partial charge in [-0.2, -0.15) is 0 Å². The van der Waals surface area contributed by atoms with E-state index in [0.717, 1.165) is 11.8 Å². The van der Waals surface area contributed by atoms with E-state index in [1.807, 2.05) is 0 Å². The highest BCUT2D eigenvalue weighted by Crippen LogP contribution is 2.29. The van der Waals surface area contributed by atoms with Gasteiger partial charge in [-0.1, -0.05) is 23.9 Å². The first kappa shape index (κ1) is 16.2. The van der Waals surface area contributed by atoms with Crippen LogP contribution in [0.4, 0.5) is 4.39 Å². The predicted octanol–water partition coefficient (Wildman–Crippen LogP) is 1.99. The van der Waals surface area contributed by atoms with Gasteiger partial charge in [0, 0.05) is 0 Å². The minimum atomic E-state index is -0.636. The fraction of sp³-hybridized carbons (Fsp3) is 0.267. The van der Waals surface area contributed by atoms with Crippen LogP contribution in [0.15, 0.2) is 35.4 Å². The van der Waals surface area contributed by atoms with E-state index < -0.39 is 17.6 Å². The molecule has 1 aliphatic rings. The van der Waals surface area contributed by atoms with Gasteiger partial charge in [0.1, 0.15) is 5.82 Å². The van der Waals surface area contributed by atoms with Gasteiger partial charge in [-0.25, -0.2) is 9.18 Å². The van der Waals surface area contributed by atoms with E-state index >= 15 is 0 Å². The van der Waals surface area contributed by atoms with Crippen molar-refractivity contribution >= 4 is 29.4 Å². The number of ether oxygens (including phenoxy) is 1. The summed E-state index contributed by atoms with van der Waals surface area (Å²) in [5.41, 5.74) is -0.0808. The summed E-state index contributed by atoms with van der Waals surface area (Å²) in [6.07, 6.45) is 1.17. The summed E-state index contributed by atoms with van der Waals surface area (Å²) in [6, 6.07) is 5.57. The van der Waals surface area contributed by atoms with Gasteiger partial charge in [0.05, 0.1) is 35.6 Å². The Morgan fingerprint density at radius 3 is 2.82 bits per heavy atom. The zero-order valence-electron chi connectivity index (χ0n) is 11.9. The number of hydrogen-bond acceptors (Lipinski definition) is 5. The molecule has 1 heterocycles. The molecule has 1 aliphatic heterocycles. The quantitative estimate of drug-likeness (QED) is 0.471. The third-order valence-corrected chi connectivity index (χ3v) is 3.94. The standard InChI is InChI=1S/C15H14FNO4S/c1-2-21-15(20)7-14-17(13(19)9-22-14)8-12(18)10-5-3-4-6-11(10)16/h3-7H,2,8-9H2,1H3. The maximum Gasteiger partial charge on any atom is 0.333 e. The van der Waals surface area contributed by atoms with Crippen LogP contribution >= 0.6 is 11.8 Å². The van der Waals surface area contributed by atoms with Crippen molar-refractivity contribution in [3.05, 3.63) is 46.8 Å². The molecular formula is C15H14FNO4S. The zero-order chi connectivity index (χ0) is 16.1. The molecule has 0 unspecified atom stereocenters. The molecule has 0 bridgehead atoms. The Balaban J connectivity index is 2.15. The van der Waals surface area contributed by atoms with Crippen molar-refractivity contribution < 1.29 is 23.5 Å². The number of carbonyl (C=O) groups is 3. The van der Waals surface area contributed by atoms with E-state index in [2.05, 4.69) is 0 Å². The lowest BCUT2D eigenvalue weighted by molar-refractivity contribution is -0.137. The summed E-state index contributed by atoms with van der Waals surface area (Å²) in [7, 11) is 0. The van der Waals surface area contributed by atoms with Crippen molar-refractivity contribution in [1.29, 1.82) is 0 Å². The van der Waals surface area contributed by atoms with Crippen molar-refractivity contribution in [2.45, 2.75) is 6.92 Å². The van der Waals surface area contributed by atoms with E-state index in [1.54, 1.807) is 13.0 Å². The summed E-state index contributed by atoms with van der Waals surface area (Å²) in [6.45, 7) is 1.58. The number of thioether (sulfide) groups is 1. The van der Waals surface area contributed by atoms with Gasteiger partial charge in [-0.3, -0.25) is 14.5 Å². The van der Waals surface area contributed by atoms with E-state index in [-0.39, 0.29) is 30.4 Å². The Hall–Kier alpha value is -2.15. The summed E-state index contributed by atoms with van der Waals surface area (Å²) >= 11 is 1.14. The van der Waals surface area contributed by atoms with Gasteiger partial charge in [0.15, 0.2) is 5.78 Å². The zero-order valence-corrected chi connectivity index (χ0v) is 12.7. The molecule has 7 heteroatoms. The van der Waals surface area contributed by atoms with Crippen molar-refractivity contribution in [3.63, 3.8) is 0 Å². The molecule has 0 atom stereocenters. The van der Waals surface area contributed by atoms with Crippen LogP contribution in [0.2, 0.25) is 0 Å². The first-order valence-electron chi connectivity index (χ1n) is 6.62. The van der Waals surface area contributed by atoms with Crippen molar-refractivity contribution in [2.24, 2.45) is 0 Å². The minimum absolute atomic E-state index is 0.0808. The lowest BCUT2D eigenvalue weighted by atomic mass is 10.1. The lowest BCUT2D eigenvalue weighted by Gasteiger charge is -2.16. The van der Waals surface area contributed by atoms with Crippen LogP contribution < -0.4 is 0 Å². The topological polar surface area (TPSA) is 63.7 Å². The van der Waals surface area contributed by atoms with E-state index in [1.165, 1.54) is 29.2 Å². The molecule has 116 valence electrons. The van der Waals surface area contributed by atoms with Gasteiger partial charge in [-0.05, 0) is 19.1 Å². The molecule has 5 nitrogen and oxygen atoms in total.